The quantitative estimate of drug-likeness (QED) is 0.761. The van der Waals surface area contributed by atoms with E-state index >= 15 is 0 Å². The van der Waals surface area contributed by atoms with Crippen molar-refractivity contribution < 1.29 is 4.79 Å². The third-order valence-electron chi connectivity index (χ3n) is 2.90. The smallest absolute Gasteiger partial charge is 0.221 e. The van der Waals surface area contributed by atoms with Crippen LogP contribution in [0.25, 0.3) is 16.9 Å². The van der Waals surface area contributed by atoms with Crippen LogP contribution in [-0.2, 0) is 4.79 Å². The van der Waals surface area contributed by atoms with Gasteiger partial charge in [0.2, 0.25) is 5.91 Å². The number of benzene rings is 1. The second-order valence-electron chi connectivity index (χ2n) is 4.33. The van der Waals surface area contributed by atoms with Crippen molar-refractivity contribution in [3.63, 3.8) is 0 Å². The average molecular weight is 251 g/mol. The van der Waals surface area contributed by atoms with E-state index in [1.807, 2.05) is 59.3 Å². The summed E-state index contributed by atoms with van der Waals surface area (Å²) in [6.07, 6.45) is 3.75. The molecule has 1 aromatic carbocycles. The summed E-state index contributed by atoms with van der Waals surface area (Å²) >= 11 is 0. The molecular weight excluding hydrogens is 238 g/mol. The van der Waals surface area contributed by atoms with E-state index < -0.39 is 0 Å². The van der Waals surface area contributed by atoms with Crippen molar-refractivity contribution in [2.75, 3.05) is 5.32 Å². The number of rotatable bonds is 2. The van der Waals surface area contributed by atoms with E-state index in [9.17, 15) is 4.79 Å². The predicted octanol–water partition coefficient (Wildman–Crippen LogP) is 2.96. The predicted molar refractivity (Wildman–Crippen MR) is 74.9 cm³/mol. The number of carbonyl (C=O) groups is 1. The minimum atomic E-state index is -0.0841. The molecule has 3 rings (SSSR count). The van der Waals surface area contributed by atoms with Gasteiger partial charge in [-0.3, -0.25) is 9.20 Å². The van der Waals surface area contributed by atoms with Crippen LogP contribution in [-0.4, -0.2) is 15.3 Å². The molecule has 19 heavy (non-hydrogen) atoms. The van der Waals surface area contributed by atoms with Crippen LogP contribution < -0.4 is 5.32 Å². The number of amides is 1. The molecule has 0 bridgehead atoms. The molecule has 0 saturated carbocycles. The Hall–Kier alpha value is -2.62. The van der Waals surface area contributed by atoms with Crippen LogP contribution in [0.4, 0.5) is 5.69 Å². The number of hydrogen-bond acceptors (Lipinski definition) is 2. The molecule has 0 aliphatic heterocycles. The molecule has 4 heteroatoms. The highest BCUT2D eigenvalue weighted by Crippen LogP contribution is 2.22. The van der Waals surface area contributed by atoms with Crippen molar-refractivity contribution in [1.82, 2.24) is 9.38 Å². The molecule has 1 N–H and O–H groups in total. The fraction of sp³-hybridized carbons (Fsp3) is 0.0667. The normalized spacial score (nSPS) is 10.6. The van der Waals surface area contributed by atoms with Gasteiger partial charge < -0.3 is 5.32 Å². The van der Waals surface area contributed by atoms with Gasteiger partial charge >= 0.3 is 0 Å². The number of anilines is 1. The molecule has 0 aliphatic rings. The molecule has 0 fully saturated rings. The highest BCUT2D eigenvalue weighted by Gasteiger charge is 2.06. The standard InChI is InChI=1S/C15H13N3O/c1-11(19)17-13-7-8-18-14(10-16-15(18)9-13)12-5-3-2-4-6-12/h2-10H,1H3,(H,17,19). The van der Waals surface area contributed by atoms with Crippen molar-refractivity contribution in [2.45, 2.75) is 6.92 Å². The summed E-state index contributed by atoms with van der Waals surface area (Å²) in [5.74, 6) is -0.0841. The lowest BCUT2D eigenvalue weighted by Gasteiger charge is -2.04. The number of nitrogens with zero attached hydrogens (tertiary/aromatic N) is 2. The minimum Gasteiger partial charge on any atom is -0.326 e. The van der Waals surface area contributed by atoms with Crippen LogP contribution in [0.5, 0.6) is 0 Å². The number of aromatic nitrogens is 2. The van der Waals surface area contributed by atoms with Gasteiger partial charge in [0.05, 0.1) is 11.9 Å². The highest BCUT2D eigenvalue weighted by atomic mass is 16.1. The van der Waals surface area contributed by atoms with E-state index in [1.54, 1.807) is 0 Å². The highest BCUT2D eigenvalue weighted by molar-refractivity contribution is 5.89. The molecule has 0 radical (unpaired) electrons. The third kappa shape index (κ3) is 2.20. The van der Waals surface area contributed by atoms with Crippen molar-refractivity contribution in [3.8, 4) is 11.3 Å². The first kappa shape index (κ1) is 11.5. The zero-order valence-corrected chi connectivity index (χ0v) is 10.5. The second-order valence-corrected chi connectivity index (χ2v) is 4.33. The SMILES string of the molecule is CC(=O)Nc1ccn2c(-c3ccccc3)cnc2c1. The molecule has 2 heterocycles. The number of imidazole rings is 1. The molecule has 0 aliphatic carbocycles. The maximum Gasteiger partial charge on any atom is 0.221 e. The Morgan fingerprint density at radius 1 is 1.21 bits per heavy atom. The van der Waals surface area contributed by atoms with Crippen LogP contribution in [0, 0.1) is 0 Å². The average Bonchev–Trinajstić information content (AvgIpc) is 2.82. The van der Waals surface area contributed by atoms with Crippen molar-refractivity contribution in [2.24, 2.45) is 0 Å². The van der Waals surface area contributed by atoms with Crippen LogP contribution in [0.2, 0.25) is 0 Å². The van der Waals surface area contributed by atoms with Gasteiger partial charge in [0, 0.05) is 30.4 Å². The summed E-state index contributed by atoms with van der Waals surface area (Å²) < 4.78 is 2.00. The lowest BCUT2D eigenvalue weighted by Crippen LogP contribution is -2.05. The zero-order valence-electron chi connectivity index (χ0n) is 10.5. The van der Waals surface area contributed by atoms with E-state index in [0.717, 1.165) is 22.6 Å². The number of carbonyl (C=O) groups excluding carboxylic acids is 1. The maximum absolute atomic E-state index is 11.0. The Labute approximate surface area is 110 Å². The first-order valence-electron chi connectivity index (χ1n) is 6.04. The Morgan fingerprint density at radius 3 is 2.74 bits per heavy atom. The summed E-state index contributed by atoms with van der Waals surface area (Å²) in [6, 6.07) is 13.8. The third-order valence-corrected chi connectivity index (χ3v) is 2.90. The van der Waals surface area contributed by atoms with E-state index in [-0.39, 0.29) is 5.91 Å². The summed E-state index contributed by atoms with van der Waals surface area (Å²) in [5, 5.41) is 2.75. The molecule has 0 saturated heterocycles. The molecule has 3 aromatic rings. The first-order valence-corrected chi connectivity index (χ1v) is 6.04. The fourth-order valence-corrected chi connectivity index (χ4v) is 2.08. The molecule has 94 valence electrons. The van der Waals surface area contributed by atoms with E-state index in [0.29, 0.717) is 0 Å². The Balaban J connectivity index is 2.08. The van der Waals surface area contributed by atoms with Crippen molar-refractivity contribution >= 4 is 17.2 Å². The summed E-state index contributed by atoms with van der Waals surface area (Å²) in [4.78, 5) is 15.4. The lowest BCUT2D eigenvalue weighted by atomic mass is 10.2. The van der Waals surface area contributed by atoms with E-state index in [4.69, 9.17) is 0 Å². The van der Waals surface area contributed by atoms with E-state index in [1.165, 1.54) is 6.92 Å². The lowest BCUT2D eigenvalue weighted by molar-refractivity contribution is -0.114. The molecule has 4 nitrogen and oxygen atoms in total. The van der Waals surface area contributed by atoms with Gasteiger partial charge in [-0.2, -0.15) is 0 Å². The second kappa shape index (κ2) is 4.57. The molecule has 2 aromatic heterocycles. The zero-order chi connectivity index (χ0) is 13.2. The molecule has 0 atom stereocenters. The van der Waals surface area contributed by atoms with Gasteiger partial charge in [-0.15, -0.1) is 0 Å². The van der Waals surface area contributed by atoms with Crippen LogP contribution in [0.1, 0.15) is 6.92 Å². The number of hydrogen-bond donors (Lipinski definition) is 1. The topological polar surface area (TPSA) is 46.4 Å². The van der Waals surface area contributed by atoms with Gasteiger partial charge in [-0.25, -0.2) is 4.98 Å². The number of pyridine rings is 1. The fourth-order valence-electron chi connectivity index (χ4n) is 2.08. The van der Waals surface area contributed by atoms with Gasteiger partial charge in [0.25, 0.3) is 0 Å². The molecule has 0 unspecified atom stereocenters. The monoisotopic (exact) mass is 251 g/mol. The molecule has 0 spiro atoms. The summed E-state index contributed by atoms with van der Waals surface area (Å²) in [5.41, 5.74) is 3.71. The molecule has 1 amide bonds. The Morgan fingerprint density at radius 2 is 2.00 bits per heavy atom. The minimum absolute atomic E-state index is 0.0841. The summed E-state index contributed by atoms with van der Waals surface area (Å²) in [7, 11) is 0. The van der Waals surface area contributed by atoms with Crippen LogP contribution in [0.3, 0.4) is 0 Å². The first-order chi connectivity index (χ1) is 9.24. The Bertz CT molecular complexity index is 731. The van der Waals surface area contributed by atoms with Gasteiger partial charge in [-0.1, -0.05) is 30.3 Å². The van der Waals surface area contributed by atoms with Crippen molar-refractivity contribution in [1.29, 1.82) is 0 Å². The van der Waals surface area contributed by atoms with Gasteiger partial charge in [0.1, 0.15) is 5.65 Å². The summed E-state index contributed by atoms with van der Waals surface area (Å²) in [6.45, 7) is 1.49. The van der Waals surface area contributed by atoms with Crippen LogP contribution >= 0.6 is 0 Å². The molecular formula is C15H13N3O. The number of nitrogens with one attached hydrogen (secondary N) is 1. The van der Waals surface area contributed by atoms with Gasteiger partial charge in [-0.05, 0) is 6.07 Å². The maximum atomic E-state index is 11.0. The Kier molecular flexibility index (Phi) is 2.76. The van der Waals surface area contributed by atoms with Crippen LogP contribution in [0.15, 0.2) is 54.9 Å². The van der Waals surface area contributed by atoms with Gasteiger partial charge in [0.15, 0.2) is 0 Å². The van der Waals surface area contributed by atoms with E-state index in [2.05, 4.69) is 10.3 Å². The van der Waals surface area contributed by atoms with Crippen molar-refractivity contribution in [3.05, 3.63) is 54.9 Å². The number of fused-ring (bicyclic) bond motifs is 1. The largest absolute Gasteiger partial charge is 0.326 e.